The third-order valence-corrected chi connectivity index (χ3v) is 2.91. The molecule has 0 aromatic rings. The third kappa shape index (κ3) is 5.50. The number of likely N-dealkylation sites (N-methyl/N-ethyl adjacent to an activating group) is 2. The van der Waals surface area contributed by atoms with Crippen molar-refractivity contribution in [1.82, 2.24) is 10.2 Å². The summed E-state index contributed by atoms with van der Waals surface area (Å²) >= 11 is 0. The minimum absolute atomic E-state index is 0.0457. The molecule has 0 saturated heterocycles. The van der Waals surface area contributed by atoms with Crippen molar-refractivity contribution in [3.8, 4) is 0 Å². The van der Waals surface area contributed by atoms with Gasteiger partial charge in [0, 0.05) is 18.6 Å². The molecule has 0 aromatic heterocycles. The van der Waals surface area contributed by atoms with Crippen LogP contribution in [0.1, 0.15) is 41.5 Å². The lowest BCUT2D eigenvalue weighted by Gasteiger charge is -2.41. The quantitative estimate of drug-likeness (QED) is 0.737. The maximum atomic E-state index is 11.7. The molecule has 0 heterocycles. The summed E-state index contributed by atoms with van der Waals surface area (Å²) in [6.07, 6.45) is 0. The molecular weight excluding hydrogens is 214 g/mol. The monoisotopic (exact) mass is 243 g/mol. The van der Waals surface area contributed by atoms with E-state index in [0.717, 1.165) is 6.54 Å². The summed E-state index contributed by atoms with van der Waals surface area (Å²) in [5.41, 5.74) is 6.14. The highest BCUT2D eigenvalue weighted by molar-refractivity contribution is 5.78. The molecule has 0 rings (SSSR count). The fraction of sp³-hybridized carbons (Fsp3) is 0.923. The van der Waals surface area contributed by atoms with Crippen LogP contribution in [0.15, 0.2) is 0 Å². The molecule has 0 fully saturated rings. The number of carbonyl (C=O) groups is 1. The Bertz CT molecular complexity index is 233. The molecule has 0 aliphatic heterocycles. The Morgan fingerprint density at radius 1 is 1.35 bits per heavy atom. The highest BCUT2D eigenvalue weighted by atomic mass is 16.2. The summed E-state index contributed by atoms with van der Waals surface area (Å²) in [6.45, 7) is 14.4. The van der Waals surface area contributed by atoms with Crippen molar-refractivity contribution in [2.75, 3.05) is 19.6 Å². The van der Waals surface area contributed by atoms with Gasteiger partial charge in [-0.05, 0) is 25.8 Å². The van der Waals surface area contributed by atoms with Crippen LogP contribution in [-0.4, -0.2) is 42.5 Å². The number of hydrogen-bond donors (Lipinski definition) is 2. The minimum Gasteiger partial charge on any atom is -0.355 e. The topological polar surface area (TPSA) is 58.4 Å². The van der Waals surface area contributed by atoms with Crippen molar-refractivity contribution in [1.29, 1.82) is 0 Å². The first-order chi connectivity index (χ1) is 7.73. The van der Waals surface area contributed by atoms with E-state index in [-0.39, 0.29) is 23.4 Å². The predicted octanol–water partition coefficient (Wildman–Crippen LogP) is 1.21. The maximum Gasteiger partial charge on any atom is 0.234 e. The van der Waals surface area contributed by atoms with Gasteiger partial charge in [-0.2, -0.15) is 0 Å². The van der Waals surface area contributed by atoms with Gasteiger partial charge in [0.25, 0.3) is 0 Å². The number of nitrogens with zero attached hydrogens (tertiary/aromatic N) is 1. The normalized spacial score (nSPS) is 15.8. The van der Waals surface area contributed by atoms with Crippen LogP contribution >= 0.6 is 0 Å². The molecule has 2 atom stereocenters. The van der Waals surface area contributed by atoms with E-state index < -0.39 is 0 Å². The zero-order valence-electron chi connectivity index (χ0n) is 12.2. The second kappa shape index (κ2) is 6.97. The van der Waals surface area contributed by atoms with Crippen LogP contribution in [0.3, 0.4) is 0 Å². The summed E-state index contributed by atoms with van der Waals surface area (Å²) in [5.74, 6) is 0.0734. The third-order valence-electron chi connectivity index (χ3n) is 2.91. The molecule has 0 saturated carbocycles. The molecule has 3 N–H and O–H groups in total. The number of nitrogens with one attached hydrogen (secondary N) is 1. The molecule has 2 unspecified atom stereocenters. The lowest BCUT2D eigenvalue weighted by atomic mass is 9.81. The van der Waals surface area contributed by atoms with Crippen LogP contribution in [0.4, 0.5) is 0 Å². The van der Waals surface area contributed by atoms with Crippen molar-refractivity contribution in [3.05, 3.63) is 0 Å². The average Bonchev–Trinajstić information content (AvgIpc) is 2.14. The van der Waals surface area contributed by atoms with E-state index in [1.807, 2.05) is 13.8 Å². The lowest BCUT2D eigenvalue weighted by Crippen LogP contribution is -2.55. The van der Waals surface area contributed by atoms with Crippen LogP contribution < -0.4 is 11.1 Å². The Labute approximate surface area is 106 Å². The smallest absolute Gasteiger partial charge is 0.234 e. The van der Waals surface area contributed by atoms with Gasteiger partial charge in [-0.15, -0.1) is 0 Å². The van der Waals surface area contributed by atoms with Gasteiger partial charge in [-0.25, -0.2) is 0 Å². The van der Waals surface area contributed by atoms with Gasteiger partial charge in [-0.1, -0.05) is 27.7 Å². The number of hydrogen-bond acceptors (Lipinski definition) is 3. The molecule has 4 nitrogen and oxygen atoms in total. The van der Waals surface area contributed by atoms with Crippen LogP contribution in [0.2, 0.25) is 0 Å². The van der Waals surface area contributed by atoms with Gasteiger partial charge >= 0.3 is 0 Å². The lowest BCUT2D eigenvalue weighted by molar-refractivity contribution is -0.123. The largest absolute Gasteiger partial charge is 0.355 e. The summed E-state index contributed by atoms with van der Waals surface area (Å²) < 4.78 is 0. The number of amides is 1. The molecule has 0 aliphatic carbocycles. The van der Waals surface area contributed by atoms with E-state index in [0.29, 0.717) is 13.1 Å². The fourth-order valence-electron chi connectivity index (χ4n) is 2.51. The molecule has 0 radical (unpaired) electrons. The number of nitrogens with two attached hydrogens (primary N) is 1. The van der Waals surface area contributed by atoms with Gasteiger partial charge < -0.3 is 11.1 Å². The number of carbonyl (C=O) groups excluding carboxylic acids is 1. The molecule has 0 aliphatic rings. The summed E-state index contributed by atoms with van der Waals surface area (Å²) in [7, 11) is 0. The van der Waals surface area contributed by atoms with Crippen LogP contribution in [0, 0.1) is 5.41 Å². The van der Waals surface area contributed by atoms with Crippen molar-refractivity contribution in [2.45, 2.75) is 53.6 Å². The molecule has 0 aromatic carbocycles. The Kier molecular flexibility index (Phi) is 6.72. The summed E-state index contributed by atoms with van der Waals surface area (Å²) in [5, 5.41) is 2.83. The standard InChI is InChI=1S/C13H29N3O/c1-7-15-11(17)9-16(8-2)12(10(3)14)13(4,5)6/h10,12H,7-9,14H2,1-6H3,(H,15,17). The Hall–Kier alpha value is -0.610. The van der Waals surface area contributed by atoms with E-state index >= 15 is 0 Å². The first kappa shape index (κ1) is 16.4. The summed E-state index contributed by atoms with van der Waals surface area (Å²) in [6, 6.07) is 0.250. The molecule has 17 heavy (non-hydrogen) atoms. The van der Waals surface area contributed by atoms with E-state index in [1.54, 1.807) is 0 Å². The second-order valence-electron chi connectivity index (χ2n) is 5.69. The predicted molar refractivity (Wildman–Crippen MR) is 72.8 cm³/mol. The van der Waals surface area contributed by atoms with E-state index in [2.05, 4.69) is 37.9 Å². The zero-order valence-corrected chi connectivity index (χ0v) is 12.2. The SMILES string of the molecule is CCNC(=O)CN(CC)C(C(C)N)C(C)(C)C. The summed E-state index contributed by atoms with van der Waals surface area (Å²) in [4.78, 5) is 13.8. The zero-order chi connectivity index (χ0) is 13.6. The molecule has 1 amide bonds. The molecular formula is C13H29N3O. The Balaban J connectivity index is 4.75. The van der Waals surface area contributed by atoms with Gasteiger partial charge in [0.1, 0.15) is 0 Å². The highest BCUT2D eigenvalue weighted by Crippen LogP contribution is 2.26. The minimum atomic E-state index is 0.0457. The van der Waals surface area contributed by atoms with Crippen LogP contribution in [0.5, 0.6) is 0 Å². The van der Waals surface area contributed by atoms with Crippen molar-refractivity contribution < 1.29 is 4.79 Å². The van der Waals surface area contributed by atoms with E-state index in [9.17, 15) is 4.79 Å². The molecule has 0 spiro atoms. The van der Waals surface area contributed by atoms with E-state index in [4.69, 9.17) is 5.73 Å². The van der Waals surface area contributed by atoms with Gasteiger partial charge in [-0.3, -0.25) is 9.69 Å². The Morgan fingerprint density at radius 2 is 1.88 bits per heavy atom. The van der Waals surface area contributed by atoms with Gasteiger partial charge in [0.2, 0.25) is 5.91 Å². The highest BCUT2D eigenvalue weighted by Gasteiger charge is 2.33. The van der Waals surface area contributed by atoms with Crippen LogP contribution in [0.25, 0.3) is 0 Å². The molecule has 4 heteroatoms. The van der Waals surface area contributed by atoms with Gasteiger partial charge in [0.05, 0.1) is 6.54 Å². The van der Waals surface area contributed by atoms with Crippen molar-refractivity contribution >= 4 is 5.91 Å². The average molecular weight is 243 g/mol. The first-order valence-electron chi connectivity index (χ1n) is 6.50. The number of rotatable bonds is 6. The molecule has 0 bridgehead atoms. The maximum absolute atomic E-state index is 11.7. The van der Waals surface area contributed by atoms with Gasteiger partial charge in [0.15, 0.2) is 0 Å². The molecule has 102 valence electrons. The second-order valence-corrected chi connectivity index (χ2v) is 5.69. The first-order valence-corrected chi connectivity index (χ1v) is 6.50. The van der Waals surface area contributed by atoms with Crippen molar-refractivity contribution in [2.24, 2.45) is 11.1 Å². The van der Waals surface area contributed by atoms with Crippen LogP contribution in [-0.2, 0) is 4.79 Å². The Morgan fingerprint density at radius 3 is 2.18 bits per heavy atom. The van der Waals surface area contributed by atoms with E-state index in [1.165, 1.54) is 0 Å². The van der Waals surface area contributed by atoms with Crippen molar-refractivity contribution in [3.63, 3.8) is 0 Å². The fourth-order valence-corrected chi connectivity index (χ4v) is 2.51.